The van der Waals surface area contributed by atoms with Crippen molar-refractivity contribution in [1.29, 1.82) is 5.26 Å². The van der Waals surface area contributed by atoms with Crippen LogP contribution in [0.5, 0.6) is 0 Å². The third-order valence-electron chi connectivity index (χ3n) is 2.13. The van der Waals surface area contributed by atoms with Crippen molar-refractivity contribution in [3.8, 4) is 6.07 Å². The molecule has 0 heterocycles. The fourth-order valence-corrected chi connectivity index (χ4v) is 1.30. The van der Waals surface area contributed by atoms with E-state index in [0.717, 1.165) is 19.4 Å². The molecule has 0 amide bonds. The van der Waals surface area contributed by atoms with Gasteiger partial charge in [0.05, 0.1) is 12.1 Å². The van der Waals surface area contributed by atoms with Crippen LogP contribution in [0.25, 0.3) is 0 Å². The molecule has 1 aromatic carbocycles. The van der Waals surface area contributed by atoms with Crippen LogP contribution < -0.4 is 5.32 Å². The maximum atomic E-state index is 8.54. The average Bonchev–Trinajstić information content (AvgIpc) is 2.25. The Labute approximate surface area is 85.6 Å². The van der Waals surface area contributed by atoms with Crippen LogP contribution in [0.15, 0.2) is 30.3 Å². The SMILES string of the molecule is CC(C#N)NCCCc1ccccc1. The number of nitriles is 1. The zero-order valence-electron chi connectivity index (χ0n) is 8.53. The van der Waals surface area contributed by atoms with E-state index in [2.05, 4.69) is 35.7 Å². The van der Waals surface area contributed by atoms with E-state index in [1.807, 2.05) is 13.0 Å². The van der Waals surface area contributed by atoms with Crippen molar-refractivity contribution in [3.05, 3.63) is 35.9 Å². The minimum Gasteiger partial charge on any atom is -0.302 e. The van der Waals surface area contributed by atoms with Gasteiger partial charge in [0.25, 0.3) is 0 Å². The van der Waals surface area contributed by atoms with E-state index < -0.39 is 0 Å². The molecule has 74 valence electrons. The van der Waals surface area contributed by atoms with Crippen LogP contribution in [-0.4, -0.2) is 12.6 Å². The minimum absolute atomic E-state index is 0.0363. The molecule has 1 unspecified atom stereocenters. The highest BCUT2D eigenvalue weighted by molar-refractivity contribution is 5.14. The fourth-order valence-electron chi connectivity index (χ4n) is 1.30. The standard InChI is InChI=1S/C12H16N2/c1-11(10-13)14-9-5-8-12-6-3-2-4-7-12/h2-4,6-7,11,14H,5,8-9H2,1H3. The summed E-state index contributed by atoms with van der Waals surface area (Å²) in [6, 6.07) is 12.5. The topological polar surface area (TPSA) is 35.8 Å². The Morgan fingerprint density at radius 2 is 2.07 bits per heavy atom. The number of hydrogen-bond acceptors (Lipinski definition) is 2. The summed E-state index contributed by atoms with van der Waals surface area (Å²) >= 11 is 0. The zero-order valence-corrected chi connectivity index (χ0v) is 8.53. The van der Waals surface area contributed by atoms with Gasteiger partial charge in [-0.2, -0.15) is 5.26 Å². The van der Waals surface area contributed by atoms with Crippen molar-refractivity contribution in [2.75, 3.05) is 6.54 Å². The molecule has 0 aromatic heterocycles. The van der Waals surface area contributed by atoms with Gasteiger partial charge < -0.3 is 5.32 Å². The summed E-state index contributed by atoms with van der Waals surface area (Å²) in [5.41, 5.74) is 1.36. The van der Waals surface area contributed by atoms with Gasteiger partial charge in [-0.25, -0.2) is 0 Å². The molecule has 0 bridgehead atoms. The quantitative estimate of drug-likeness (QED) is 0.718. The maximum Gasteiger partial charge on any atom is 0.0924 e. The predicted octanol–water partition coefficient (Wildman–Crippen LogP) is 2.12. The number of nitrogens with zero attached hydrogens (tertiary/aromatic N) is 1. The Bertz CT molecular complexity index is 287. The van der Waals surface area contributed by atoms with Gasteiger partial charge in [-0.15, -0.1) is 0 Å². The van der Waals surface area contributed by atoms with Gasteiger partial charge in [0.1, 0.15) is 0 Å². The number of benzene rings is 1. The van der Waals surface area contributed by atoms with Gasteiger partial charge in [0, 0.05) is 0 Å². The molecule has 14 heavy (non-hydrogen) atoms. The largest absolute Gasteiger partial charge is 0.302 e. The second-order valence-corrected chi connectivity index (χ2v) is 3.39. The molecular formula is C12H16N2. The molecule has 0 aliphatic carbocycles. The summed E-state index contributed by atoms with van der Waals surface area (Å²) in [4.78, 5) is 0. The van der Waals surface area contributed by atoms with Gasteiger partial charge >= 0.3 is 0 Å². The van der Waals surface area contributed by atoms with Crippen LogP contribution in [0.1, 0.15) is 18.9 Å². The first-order valence-corrected chi connectivity index (χ1v) is 5.00. The first-order chi connectivity index (χ1) is 6.83. The monoisotopic (exact) mass is 188 g/mol. The van der Waals surface area contributed by atoms with Crippen molar-refractivity contribution >= 4 is 0 Å². The lowest BCUT2D eigenvalue weighted by molar-refractivity contribution is 0.613. The minimum atomic E-state index is -0.0363. The van der Waals surface area contributed by atoms with Crippen molar-refractivity contribution in [1.82, 2.24) is 5.32 Å². The fraction of sp³-hybridized carbons (Fsp3) is 0.417. The first kappa shape index (κ1) is 10.7. The second kappa shape index (κ2) is 6.17. The van der Waals surface area contributed by atoms with Gasteiger partial charge in [0.15, 0.2) is 0 Å². The Balaban J connectivity index is 2.14. The number of nitrogens with one attached hydrogen (secondary N) is 1. The number of hydrogen-bond donors (Lipinski definition) is 1. The van der Waals surface area contributed by atoms with Gasteiger partial charge in [-0.05, 0) is 31.9 Å². The summed E-state index contributed by atoms with van der Waals surface area (Å²) in [5, 5.41) is 11.7. The predicted molar refractivity (Wildman–Crippen MR) is 57.8 cm³/mol. The van der Waals surface area contributed by atoms with Crippen LogP contribution in [0.4, 0.5) is 0 Å². The molecule has 1 atom stereocenters. The average molecular weight is 188 g/mol. The molecule has 0 aliphatic rings. The van der Waals surface area contributed by atoms with Crippen LogP contribution in [-0.2, 0) is 6.42 Å². The van der Waals surface area contributed by atoms with E-state index in [0.29, 0.717) is 0 Å². The molecule has 0 saturated heterocycles. The van der Waals surface area contributed by atoms with Gasteiger partial charge in [0.2, 0.25) is 0 Å². The summed E-state index contributed by atoms with van der Waals surface area (Å²) in [7, 11) is 0. The Kier molecular flexibility index (Phi) is 4.74. The van der Waals surface area contributed by atoms with E-state index in [4.69, 9.17) is 5.26 Å². The van der Waals surface area contributed by atoms with Crippen LogP contribution in [0.3, 0.4) is 0 Å². The highest BCUT2D eigenvalue weighted by Crippen LogP contribution is 2.01. The summed E-state index contributed by atoms with van der Waals surface area (Å²) in [6.45, 7) is 2.78. The lowest BCUT2D eigenvalue weighted by Crippen LogP contribution is -2.25. The van der Waals surface area contributed by atoms with Crippen molar-refractivity contribution < 1.29 is 0 Å². The molecule has 1 aromatic rings. The smallest absolute Gasteiger partial charge is 0.0924 e. The van der Waals surface area contributed by atoms with Crippen molar-refractivity contribution in [2.45, 2.75) is 25.8 Å². The van der Waals surface area contributed by atoms with E-state index in [1.54, 1.807) is 0 Å². The Morgan fingerprint density at radius 1 is 1.36 bits per heavy atom. The highest BCUT2D eigenvalue weighted by atomic mass is 14.9. The van der Waals surface area contributed by atoms with E-state index in [1.165, 1.54) is 5.56 Å². The molecule has 0 aliphatic heterocycles. The summed E-state index contributed by atoms with van der Waals surface area (Å²) in [5.74, 6) is 0. The van der Waals surface area contributed by atoms with Crippen molar-refractivity contribution in [3.63, 3.8) is 0 Å². The van der Waals surface area contributed by atoms with Gasteiger partial charge in [-0.3, -0.25) is 0 Å². The third kappa shape index (κ3) is 4.06. The molecule has 0 spiro atoms. The molecule has 0 radical (unpaired) electrons. The maximum absolute atomic E-state index is 8.54. The molecule has 2 heteroatoms. The summed E-state index contributed by atoms with van der Waals surface area (Å²) in [6.07, 6.45) is 2.15. The normalized spacial score (nSPS) is 12.0. The highest BCUT2D eigenvalue weighted by Gasteiger charge is 1.96. The molecule has 1 rings (SSSR count). The van der Waals surface area contributed by atoms with Crippen LogP contribution in [0, 0.1) is 11.3 Å². The van der Waals surface area contributed by atoms with Crippen LogP contribution in [0.2, 0.25) is 0 Å². The molecule has 0 fully saturated rings. The second-order valence-electron chi connectivity index (χ2n) is 3.39. The van der Waals surface area contributed by atoms with E-state index >= 15 is 0 Å². The first-order valence-electron chi connectivity index (χ1n) is 5.00. The van der Waals surface area contributed by atoms with E-state index in [9.17, 15) is 0 Å². The number of aryl methyl sites for hydroxylation is 1. The van der Waals surface area contributed by atoms with Gasteiger partial charge in [-0.1, -0.05) is 30.3 Å². The summed E-state index contributed by atoms with van der Waals surface area (Å²) < 4.78 is 0. The lowest BCUT2D eigenvalue weighted by atomic mass is 10.1. The molecule has 1 N–H and O–H groups in total. The van der Waals surface area contributed by atoms with Crippen LogP contribution >= 0.6 is 0 Å². The lowest BCUT2D eigenvalue weighted by Gasteiger charge is -2.05. The van der Waals surface area contributed by atoms with E-state index in [-0.39, 0.29) is 6.04 Å². The molecular weight excluding hydrogens is 172 g/mol. The number of rotatable bonds is 5. The molecule has 2 nitrogen and oxygen atoms in total. The van der Waals surface area contributed by atoms with Crippen molar-refractivity contribution in [2.24, 2.45) is 0 Å². The third-order valence-corrected chi connectivity index (χ3v) is 2.13. The zero-order chi connectivity index (χ0) is 10.2. The Hall–Kier alpha value is -1.33. The Morgan fingerprint density at radius 3 is 2.71 bits per heavy atom. The molecule has 0 saturated carbocycles.